The van der Waals surface area contributed by atoms with Crippen LogP contribution in [0.2, 0.25) is 0 Å². The minimum absolute atomic E-state index is 0.305. The maximum Gasteiger partial charge on any atom is 0.0501 e. The lowest BCUT2D eigenvalue weighted by Crippen LogP contribution is -2.24. The summed E-state index contributed by atoms with van der Waals surface area (Å²) in [6.45, 7) is 14.1. The molecule has 2 N–H and O–H groups in total. The van der Waals surface area contributed by atoms with Crippen LogP contribution >= 0.6 is 0 Å². The third-order valence-electron chi connectivity index (χ3n) is 6.78. The van der Waals surface area contributed by atoms with Crippen molar-refractivity contribution in [3.63, 3.8) is 0 Å². The predicted molar refractivity (Wildman–Crippen MR) is 136 cm³/mol. The lowest BCUT2D eigenvalue weighted by Gasteiger charge is -2.32. The van der Waals surface area contributed by atoms with Crippen LogP contribution in [0.5, 0.6) is 0 Å². The number of anilines is 1. The Labute approximate surface area is 190 Å². The molecule has 168 valence electrons. The summed E-state index contributed by atoms with van der Waals surface area (Å²) in [5.41, 5.74) is 7.04. The lowest BCUT2D eigenvalue weighted by molar-refractivity contribution is 0.241. The molecule has 0 aliphatic heterocycles. The number of hydrogen-bond donors (Lipinski definition) is 2. The smallest absolute Gasteiger partial charge is 0.0501 e. The van der Waals surface area contributed by atoms with E-state index in [1.54, 1.807) is 0 Å². The van der Waals surface area contributed by atoms with Crippen LogP contribution in [0.1, 0.15) is 79.2 Å². The first-order valence-corrected chi connectivity index (χ1v) is 12.0. The highest BCUT2D eigenvalue weighted by molar-refractivity contribution is 5.48. The summed E-state index contributed by atoms with van der Waals surface area (Å²) >= 11 is 0. The van der Waals surface area contributed by atoms with Gasteiger partial charge in [-0.15, -0.1) is 0 Å². The number of aryl methyl sites for hydroxylation is 1. The van der Waals surface area contributed by atoms with Crippen molar-refractivity contribution in [2.75, 3.05) is 5.32 Å². The maximum absolute atomic E-state index is 3.75. The highest BCUT2D eigenvalue weighted by Gasteiger charge is 2.25. The lowest BCUT2D eigenvalue weighted by atomic mass is 9.75. The molecule has 2 aliphatic rings. The standard InChI is InChI=1S/C29H42N2/c1-7-23-11-13-24(14-12-23)30-25-9-8-10-26(21-25)31-27-16-18-29(5,6)20-19-28(3,4)17-15-22(27)2/h8,10-16,21,25,30-31H,7,9,17-20H2,1-6H3/b22-15-,27-16+. The normalized spacial score (nSPS) is 26.6. The summed E-state index contributed by atoms with van der Waals surface area (Å²) in [6, 6.07) is 9.12. The molecule has 1 atom stereocenters. The molecule has 0 bridgehead atoms. The van der Waals surface area contributed by atoms with E-state index in [1.807, 2.05) is 0 Å². The first-order chi connectivity index (χ1) is 14.7. The second-order valence-electron chi connectivity index (χ2n) is 10.9. The Balaban J connectivity index is 1.75. The summed E-state index contributed by atoms with van der Waals surface area (Å²) in [6.07, 6.45) is 18.5. The van der Waals surface area contributed by atoms with E-state index in [4.69, 9.17) is 0 Å². The van der Waals surface area contributed by atoms with E-state index in [-0.39, 0.29) is 0 Å². The zero-order valence-electron chi connectivity index (χ0n) is 20.5. The highest BCUT2D eigenvalue weighted by atomic mass is 14.9. The van der Waals surface area contributed by atoms with E-state index >= 15 is 0 Å². The van der Waals surface area contributed by atoms with Gasteiger partial charge < -0.3 is 10.6 Å². The van der Waals surface area contributed by atoms with Crippen molar-refractivity contribution < 1.29 is 0 Å². The molecular formula is C29H42N2. The first kappa shape index (κ1) is 23.4. The summed E-state index contributed by atoms with van der Waals surface area (Å²) in [5, 5.41) is 7.42. The maximum atomic E-state index is 3.75. The van der Waals surface area contributed by atoms with E-state index in [1.165, 1.54) is 41.1 Å². The van der Waals surface area contributed by atoms with Gasteiger partial charge in [-0.25, -0.2) is 0 Å². The van der Waals surface area contributed by atoms with Gasteiger partial charge in [-0.05, 0) is 91.7 Å². The summed E-state index contributed by atoms with van der Waals surface area (Å²) in [4.78, 5) is 0. The number of rotatable bonds is 5. The Morgan fingerprint density at radius 2 is 1.58 bits per heavy atom. The fraction of sp³-hybridized carbons (Fsp3) is 0.517. The zero-order chi connectivity index (χ0) is 22.5. The molecule has 0 saturated carbocycles. The average molecular weight is 419 g/mol. The molecule has 2 nitrogen and oxygen atoms in total. The fourth-order valence-corrected chi connectivity index (χ4v) is 4.18. The Hall–Kier alpha value is -2.22. The van der Waals surface area contributed by atoms with Crippen molar-refractivity contribution in [3.8, 4) is 0 Å². The number of nitrogens with one attached hydrogen (secondary N) is 2. The van der Waals surface area contributed by atoms with E-state index < -0.39 is 0 Å². The van der Waals surface area contributed by atoms with Crippen LogP contribution in [0.15, 0.2) is 71.6 Å². The van der Waals surface area contributed by atoms with Gasteiger partial charge in [0.15, 0.2) is 0 Å². The van der Waals surface area contributed by atoms with Crippen LogP contribution in [0.25, 0.3) is 0 Å². The first-order valence-electron chi connectivity index (χ1n) is 12.0. The number of allylic oxidation sites excluding steroid dienone is 4. The topological polar surface area (TPSA) is 24.1 Å². The molecular weight excluding hydrogens is 376 g/mol. The van der Waals surface area contributed by atoms with Crippen LogP contribution in [-0.2, 0) is 6.42 Å². The van der Waals surface area contributed by atoms with Crippen molar-refractivity contribution in [2.45, 2.75) is 86.1 Å². The van der Waals surface area contributed by atoms with Crippen molar-refractivity contribution in [1.82, 2.24) is 5.32 Å². The number of benzene rings is 1. The molecule has 0 spiro atoms. The van der Waals surface area contributed by atoms with E-state index in [0.717, 1.165) is 25.7 Å². The molecule has 1 unspecified atom stereocenters. The Kier molecular flexibility index (Phi) is 7.51. The molecule has 31 heavy (non-hydrogen) atoms. The summed E-state index contributed by atoms with van der Waals surface area (Å²) in [5.74, 6) is 0. The minimum atomic E-state index is 0.305. The highest BCUT2D eigenvalue weighted by Crippen LogP contribution is 2.37. The van der Waals surface area contributed by atoms with Crippen LogP contribution in [0.3, 0.4) is 0 Å². The molecule has 0 saturated heterocycles. The predicted octanol–water partition coefficient (Wildman–Crippen LogP) is 7.92. The van der Waals surface area contributed by atoms with Crippen LogP contribution in [0, 0.1) is 10.8 Å². The molecule has 2 aliphatic carbocycles. The molecule has 0 aromatic heterocycles. The quantitative estimate of drug-likeness (QED) is 0.507. The van der Waals surface area contributed by atoms with Crippen molar-refractivity contribution in [2.24, 2.45) is 10.8 Å². The van der Waals surface area contributed by atoms with E-state index in [2.05, 4.69) is 107 Å². The molecule has 0 heterocycles. The summed E-state index contributed by atoms with van der Waals surface area (Å²) in [7, 11) is 0. The fourth-order valence-electron chi connectivity index (χ4n) is 4.18. The monoisotopic (exact) mass is 418 g/mol. The van der Waals surface area contributed by atoms with E-state index in [0.29, 0.717) is 16.9 Å². The van der Waals surface area contributed by atoms with Crippen molar-refractivity contribution in [1.29, 1.82) is 0 Å². The van der Waals surface area contributed by atoms with Gasteiger partial charge in [0.1, 0.15) is 0 Å². The Bertz CT molecular complexity index is 863. The van der Waals surface area contributed by atoms with Gasteiger partial charge in [0.05, 0.1) is 6.04 Å². The molecule has 2 heteroatoms. The van der Waals surface area contributed by atoms with Gasteiger partial charge in [-0.1, -0.05) is 65.0 Å². The van der Waals surface area contributed by atoms with Crippen LogP contribution in [-0.4, -0.2) is 6.04 Å². The van der Waals surface area contributed by atoms with Gasteiger partial charge in [-0.2, -0.15) is 0 Å². The van der Waals surface area contributed by atoms with Crippen LogP contribution < -0.4 is 10.6 Å². The Morgan fingerprint density at radius 1 is 0.935 bits per heavy atom. The van der Waals surface area contributed by atoms with Crippen LogP contribution in [0.4, 0.5) is 5.69 Å². The summed E-state index contributed by atoms with van der Waals surface area (Å²) < 4.78 is 0. The van der Waals surface area contributed by atoms with Gasteiger partial charge >= 0.3 is 0 Å². The second-order valence-corrected chi connectivity index (χ2v) is 10.9. The zero-order valence-corrected chi connectivity index (χ0v) is 20.5. The average Bonchev–Trinajstić information content (AvgIpc) is 2.74. The van der Waals surface area contributed by atoms with Crippen molar-refractivity contribution >= 4 is 5.69 Å². The molecule has 1 aromatic rings. The van der Waals surface area contributed by atoms with Gasteiger partial charge in [-0.3, -0.25) is 0 Å². The number of hydrogen-bond acceptors (Lipinski definition) is 2. The molecule has 1 aromatic carbocycles. The Morgan fingerprint density at radius 3 is 2.23 bits per heavy atom. The van der Waals surface area contributed by atoms with Gasteiger partial charge in [0.25, 0.3) is 0 Å². The van der Waals surface area contributed by atoms with Gasteiger partial charge in [0.2, 0.25) is 0 Å². The van der Waals surface area contributed by atoms with Crippen molar-refractivity contribution in [3.05, 3.63) is 77.2 Å². The third-order valence-corrected chi connectivity index (χ3v) is 6.78. The molecule has 3 rings (SSSR count). The second kappa shape index (κ2) is 9.94. The van der Waals surface area contributed by atoms with Gasteiger partial charge in [0, 0.05) is 17.1 Å². The third kappa shape index (κ3) is 7.16. The molecule has 0 radical (unpaired) electrons. The largest absolute Gasteiger partial charge is 0.378 e. The minimum Gasteiger partial charge on any atom is -0.378 e. The SMILES string of the molecule is CCc1ccc(NC2C=C(NC3=C/CC(C)(C)CCC(C)(C)C/C=C\3C)C=CC2)cc1. The van der Waals surface area contributed by atoms with E-state index in [9.17, 15) is 0 Å². The molecule has 0 fully saturated rings. The molecule has 0 amide bonds.